The first-order chi connectivity index (χ1) is 13.5. The number of hydrogen-bond acceptors (Lipinski definition) is 4. The second kappa shape index (κ2) is 7.84. The normalized spacial score (nSPS) is 20.0. The van der Waals surface area contributed by atoms with Crippen molar-refractivity contribution in [2.75, 3.05) is 25.0 Å². The second-order valence-electron chi connectivity index (χ2n) is 7.42. The predicted molar refractivity (Wildman–Crippen MR) is 119 cm³/mol. The number of benzene rings is 2. The first-order valence-electron chi connectivity index (χ1n) is 9.70. The lowest BCUT2D eigenvalue weighted by molar-refractivity contribution is -0.121. The molecule has 2 aromatic rings. The molecule has 0 unspecified atom stereocenters. The van der Waals surface area contributed by atoms with E-state index >= 15 is 0 Å². The Morgan fingerprint density at radius 1 is 1.00 bits per heavy atom. The van der Waals surface area contributed by atoms with Crippen molar-refractivity contribution >= 4 is 40.3 Å². The highest BCUT2D eigenvalue weighted by Crippen LogP contribution is 2.33. The van der Waals surface area contributed by atoms with Gasteiger partial charge in [0.2, 0.25) is 0 Å². The number of anilines is 1. The third-order valence-corrected chi connectivity index (χ3v) is 6.44. The molecule has 0 radical (unpaired) electrons. The fraction of sp³-hybridized carbons (Fsp3) is 0.304. The number of aliphatic imine (C=N–C) groups is 1. The zero-order valence-corrected chi connectivity index (χ0v) is 17.4. The molecule has 0 N–H and O–H groups in total. The lowest BCUT2D eigenvalue weighted by Gasteiger charge is -2.17. The molecule has 0 aliphatic carbocycles. The van der Waals surface area contributed by atoms with Crippen LogP contribution in [0.15, 0.2) is 52.4 Å². The number of nitrogens with zero attached hydrogens (tertiary/aromatic N) is 3. The first kappa shape index (κ1) is 18.8. The molecule has 0 spiro atoms. The van der Waals surface area contributed by atoms with Crippen LogP contribution in [0.5, 0.6) is 0 Å². The van der Waals surface area contributed by atoms with Crippen LogP contribution < -0.4 is 4.90 Å². The molecule has 2 aliphatic heterocycles. The van der Waals surface area contributed by atoms with Crippen LogP contribution in [0.3, 0.4) is 0 Å². The van der Waals surface area contributed by atoms with Gasteiger partial charge in [0.25, 0.3) is 5.91 Å². The van der Waals surface area contributed by atoms with E-state index in [0.29, 0.717) is 10.1 Å². The maximum atomic E-state index is 12.7. The zero-order chi connectivity index (χ0) is 19.7. The van der Waals surface area contributed by atoms with Gasteiger partial charge in [0.05, 0.1) is 10.6 Å². The Bertz CT molecular complexity index is 956. The highest BCUT2D eigenvalue weighted by molar-refractivity contribution is 8.18. The molecule has 4 rings (SSSR count). The van der Waals surface area contributed by atoms with Crippen molar-refractivity contribution in [3.05, 3.63) is 64.1 Å². The summed E-state index contributed by atoms with van der Waals surface area (Å²) >= 11 is 1.43. The minimum Gasteiger partial charge on any atom is -0.372 e. The Hall–Kier alpha value is -2.53. The Kier molecular flexibility index (Phi) is 5.27. The maximum Gasteiger partial charge on any atom is 0.266 e. The lowest BCUT2D eigenvalue weighted by atomic mass is 10.1. The summed E-state index contributed by atoms with van der Waals surface area (Å²) in [5.74, 6) is -0.00352. The summed E-state index contributed by atoms with van der Waals surface area (Å²) in [6.45, 7) is 6.44. The van der Waals surface area contributed by atoms with E-state index in [9.17, 15) is 4.79 Å². The number of likely N-dealkylation sites (N-methyl/N-ethyl adjacent to an activating group) is 1. The monoisotopic (exact) mass is 391 g/mol. The Morgan fingerprint density at radius 3 is 2.39 bits per heavy atom. The van der Waals surface area contributed by atoms with Gasteiger partial charge in [-0.25, -0.2) is 4.99 Å². The number of amidine groups is 1. The van der Waals surface area contributed by atoms with Crippen molar-refractivity contribution in [1.82, 2.24) is 4.90 Å². The van der Waals surface area contributed by atoms with E-state index in [1.165, 1.54) is 41.4 Å². The SMILES string of the molecule is Cc1ccc(N=C2S/C(=C\c3ccc(N4CCCC4)cc3)C(=O)N2C)cc1C. The molecule has 1 amide bonds. The van der Waals surface area contributed by atoms with E-state index in [0.717, 1.165) is 24.3 Å². The number of thioether (sulfide) groups is 1. The van der Waals surface area contributed by atoms with Crippen molar-refractivity contribution in [2.24, 2.45) is 4.99 Å². The van der Waals surface area contributed by atoms with Crippen LogP contribution in [-0.2, 0) is 4.79 Å². The number of carbonyl (C=O) groups excluding carboxylic acids is 1. The maximum absolute atomic E-state index is 12.7. The molecular weight excluding hydrogens is 366 g/mol. The molecule has 0 saturated carbocycles. The number of amides is 1. The van der Waals surface area contributed by atoms with E-state index in [1.807, 2.05) is 12.1 Å². The quantitative estimate of drug-likeness (QED) is 0.680. The molecule has 0 aromatic heterocycles. The Labute approximate surface area is 171 Å². The van der Waals surface area contributed by atoms with Gasteiger partial charge in [-0.2, -0.15) is 0 Å². The molecule has 2 heterocycles. The third-order valence-electron chi connectivity index (χ3n) is 5.38. The average Bonchev–Trinajstić information content (AvgIpc) is 3.31. The van der Waals surface area contributed by atoms with Gasteiger partial charge in [-0.3, -0.25) is 9.69 Å². The highest BCUT2D eigenvalue weighted by Gasteiger charge is 2.30. The van der Waals surface area contributed by atoms with Crippen LogP contribution in [0.25, 0.3) is 6.08 Å². The molecule has 2 saturated heterocycles. The molecule has 0 bridgehead atoms. The zero-order valence-electron chi connectivity index (χ0n) is 16.6. The van der Waals surface area contributed by atoms with Crippen molar-refractivity contribution < 1.29 is 4.79 Å². The third kappa shape index (κ3) is 3.85. The lowest BCUT2D eigenvalue weighted by Crippen LogP contribution is -2.23. The summed E-state index contributed by atoms with van der Waals surface area (Å²) in [5, 5.41) is 0.716. The fourth-order valence-corrected chi connectivity index (χ4v) is 4.45. The summed E-state index contributed by atoms with van der Waals surface area (Å²) in [6.07, 6.45) is 4.50. The Morgan fingerprint density at radius 2 is 1.71 bits per heavy atom. The molecule has 144 valence electrons. The van der Waals surface area contributed by atoms with Crippen molar-refractivity contribution in [1.29, 1.82) is 0 Å². The number of carbonyl (C=O) groups is 1. The summed E-state index contributed by atoms with van der Waals surface area (Å²) in [7, 11) is 1.78. The molecule has 5 heteroatoms. The molecular formula is C23H25N3OS. The molecule has 4 nitrogen and oxygen atoms in total. The van der Waals surface area contributed by atoms with Crippen LogP contribution in [0.4, 0.5) is 11.4 Å². The minimum atomic E-state index is -0.00352. The van der Waals surface area contributed by atoms with Crippen molar-refractivity contribution in [3.8, 4) is 0 Å². The summed E-state index contributed by atoms with van der Waals surface area (Å²) in [4.78, 5) is 22.1. The van der Waals surface area contributed by atoms with E-state index in [2.05, 4.69) is 60.1 Å². The summed E-state index contributed by atoms with van der Waals surface area (Å²) < 4.78 is 0. The molecule has 28 heavy (non-hydrogen) atoms. The minimum absolute atomic E-state index is 0.00352. The molecule has 2 aromatic carbocycles. The first-order valence-corrected chi connectivity index (χ1v) is 10.5. The van der Waals surface area contributed by atoms with Gasteiger partial charge < -0.3 is 4.90 Å². The number of rotatable bonds is 3. The van der Waals surface area contributed by atoms with Crippen LogP contribution in [0, 0.1) is 13.8 Å². The largest absolute Gasteiger partial charge is 0.372 e. The van der Waals surface area contributed by atoms with Crippen LogP contribution in [0.1, 0.15) is 29.5 Å². The standard InChI is InChI=1S/C23H25N3OS/c1-16-6-9-19(14-17(16)2)24-23-25(3)22(27)21(28-23)15-18-7-10-20(11-8-18)26-12-4-5-13-26/h6-11,14-15H,4-5,12-13H2,1-3H3/b21-15-,24-23?. The molecule has 0 atom stereocenters. The van der Waals surface area contributed by atoms with Gasteiger partial charge in [0.15, 0.2) is 5.17 Å². The van der Waals surface area contributed by atoms with Crippen molar-refractivity contribution in [2.45, 2.75) is 26.7 Å². The summed E-state index contributed by atoms with van der Waals surface area (Å²) in [6, 6.07) is 14.6. The van der Waals surface area contributed by atoms with E-state index in [4.69, 9.17) is 0 Å². The predicted octanol–water partition coefficient (Wildman–Crippen LogP) is 5.14. The number of aryl methyl sites for hydroxylation is 2. The second-order valence-corrected chi connectivity index (χ2v) is 8.43. The van der Waals surface area contributed by atoms with E-state index in [1.54, 1.807) is 11.9 Å². The van der Waals surface area contributed by atoms with E-state index in [-0.39, 0.29) is 5.91 Å². The van der Waals surface area contributed by atoms with Gasteiger partial charge in [0.1, 0.15) is 0 Å². The number of hydrogen-bond donors (Lipinski definition) is 0. The summed E-state index contributed by atoms with van der Waals surface area (Å²) in [5.41, 5.74) is 5.62. The van der Waals surface area contributed by atoms with Gasteiger partial charge in [-0.15, -0.1) is 0 Å². The Balaban J connectivity index is 1.54. The smallest absolute Gasteiger partial charge is 0.266 e. The topological polar surface area (TPSA) is 35.9 Å². The van der Waals surface area contributed by atoms with Gasteiger partial charge >= 0.3 is 0 Å². The van der Waals surface area contributed by atoms with Crippen LogP contribution in [0.2, 0.25) is 0 Å². The average molecular weight is 392 g/mol. The van der Waals surface area contributed by atoms with Gasteiger partial charge in [-0.1, -0.05) is 18.2 Å². The van der Waals surface area contributed by atoms with E-state index < -0.39 is 0 Å². The van der Waals surface area contributed by atoms with Crippen LogP contribution >= 0.6 is 11.8 Å². The van der Waals surface area contributed by atoms with Gasteiger partial charge in [0, 0.05) is 25.8 Å². The van der Waals surface area contributed by atoms with Crippen molar-refractivity contribution in [3.63, 3.8) is 0 Å². The highest BCUT2D eigenvalue weighted by atomic mass is 32.2. The fourth-order valence-electron chi connectivity index (χ4n) is 3.47. The molecule has 2 fully saturated rings. The van der Waals surface area contributed by atoms with Crippen LogP contribution in [-0.4, -0.2) is 36.1 Å². The van der Waals surface area contributed by atoms with Gasteiger partial charge in [-0.05, 0) is 85.5 Å². The molecule has 2 aliphatic rings.